The van der Waals surface area contributed by atoms with E-state index >= 15 is 0 Å². The average Bonchev–Trinajstić information content (AvgIpc) is 2.46. The number of rotatable bonds is 2. The van der Waals surface area contributed by atoms with Gasteiger partial charge in [-0.05, 0) is 18.6 Å². The van der Waals surface area contributed by atoms with Gasteiger partial charge >= 0.3 is 0 Å². The summed E-state index contributed by atoms with van der Waals surface area (Å²) in [5, 5.41) is 6.66. The maximum Gasteiger partial charge on any atom is 0.196 e. The van der Waals surface area contributed by atoms with Crippen molar-refractivity contribution in [2.24, 2.45) is 4.99 Å². The topological polar surface area (TPSA) is 54.9 Å². The van der Waals surface area contributed by atoms with Crippen LogP contribution in [0.15, 0.2) is 29.3 Å². The number of nitrogens with one attached hydrogen (secondary N) is 2. The van der Waals surface area contributed by atoms with Crippen LogP contribution in [-0.4, -0.2) is 38.4 Å². The highest BCUT2D eigenvalue weighted by molar-refractivity contribution is 5.96. The zero-order valence-electron chi connectivity index (χ0n) is 11.1. The standard InChI is InChI=1S/C14H19N3O2/c1-10-12-4-2-3-5-13(12)17-14(16-10)15-8-11-9-18-6-7-19-11/h2-5,10-11H,6-9H2,1H3,(H2,15,16,17). The monoisotopic (exact) mass is 261 g/mol. The van der Waals surface area contributed by atoms with E-state index in [-0.39, 0.29) is 12.1 Å². The van der Waals surface area contributed by atoms with Crippen LogP contribution in [0.4, 0.5) is 5.69 Å². The number of para-hydroxylation sites is 1. The number of ether oxygens (including phenoxy) is 2. The van der Waals surface area contributed by atoms with Gasteiger partial charge < -0.3 is 20.1 Å². The Bertz CT molecular complexity index is 470. The van der Waals surface area contributed by atoms with Crippen LogP contribution < -0.4 is 10.6 Å². The molecule has 2 unspecified atom stereocenters. The molecule has 2 aliphatic heterocycles. The predicted molar refractivity (Wildman–Crippen MR) is 74.5 cm³/mol. The minimum absolute atomic E-state index is 0.0670. The zero-order chi connectivity index (χ0) is 13.1. The Labute approximate surface area is 113 Å². The predicted octanol–water partition coefficient (Wildman–Crippen LogP) is 1.53. The van der Waals surface area contributed by atoms with E-state index in [1.807, 2.05) is 12.1 Å². The highest BCUT2D eigenvalue weighted by atomic mass is 16.6. The number of fused-ring (bicyclic) bond motifs is 1. The summed E-state index contributed by atoms with van der Waals surface area (Å²) in [4.78, 5) is 4.55. The van der Waals surface area contributed by atoms with Crippen molar-refractivity contribution in [1.29, 1.82) is 0 Å². The third-order valence-corrected chi connectivity index (χ3v) is 3.37. The second-order valence-corrected chi connectivity index (χ2v) is 4.84. The van der Waals surface area contributed by atoms with Gasteiger partial charge in [0.1, 0.15) is 6.10 Å². The molecule has 3 rings (SSSR count). The van der Waals surface area contributed by atoms with E-state index in [1.54, 1.807) is 0 Å². The largest absolute Gasteiger partial charge is 0.376 e. The molecule has 102 valence electrons. The zero-order valence-corrected chi connectivity index (χ0v) is 11.1. The van der Waals surface area contributed by atoms with E-state index < -0.39 is 0 Å². The average molecular weight is 261 g/mol. The van der Waals surface area contributed by atoms with Gasteiger partial charge in [-0.2, -0.15) is 0 Å². The van der Waals surface area contributed by atoms with Gasteiger partial charge in [-0.3, -0.25) is 4.99 Å². The van der Waals surface area contributed by atoms with Crippen LogP contribution in [0, 0.1) is 0 Å². The third-order valence-electron chi connectivity index (χ3n) is 3.37. The van der Waals surface area contributed by atoms with E-state index in [0.717, 1.165) is 11.6 Å². The number of hydrogen-bond donors (Lipinski definition) is 2. The number of hydrogen-bond acceptors (Lipinski definition) is 3. The fourth-order valence-corrected chi connectivity index (χ4v) is 2.36. The lowest BCUT2D eigenvalue weighted by Gasteiger charge is -2.28. The molecular formula is C14H19N3O2. The maximum absolute atomic E-state index is 5.58. The molecule has 2 heterocycles. The minimum Gasteiger partial charge on any atom is -0.376 e. The highest BCUT2D eigenvalue weighted by Gasteiger charge is 2.19. The van der Waals surface area contributed by atoms with Gasteiger partial charge in [0.05, 0.1) is 32.4 Å². The molecule has 0 bridgehead atoms. The van der Waals surface area contributed by atoms with Gasteiger partial charge in [-0.15, -0.1) is 0 Å². The molecule has 0 aliphatic carbocycles. The van der Waals surface area contributed by atoms with Crippen molar-refractivity contribution in [3.63, 3.8) is 0 Å². The molecule has 5 heteroatoms. The van der Waals surface area contributed by atoms with Crippen LogP contribution >= 0.6 is 0 Å². The fourth-order valence-electron chi connectivity index (χ4n) is 2.36. The van der Waals surface area contributed by atoms with Gasteiger partial charge in [0.15, 0.2) is 5.96 Å². The molecule has 0 aromatic heterocycles. The summed E-state index contributed by atoms with van der Waals surface area (Å²) in [5.74, 6) is 0.806. The first-order valence-electron chi connectivity index (χ1n) is 6.69. The lowest BCUT2D eigenvalue weighted by molar-refractivity contribution is -0.0832. The summed E-state index contributed by atoms with van der Waals surface area (Å²) >= 11 is 0. The van der Waals surface area contributed by atoms with Crippen LogP contribution in [0.5, 0.6) is 0 Å². The molecule has 0 radical (unpaired) electrons. The van der Waals surface area contributed by atoms with E-state index in [4.69, 9.17) is 9.47 Å². The van der Waals surface area contributed by atoms with Gasteiger partial charge in [-0.25, -0.2) is 0 Å². The Morgan fingerprint density at radius 3 is 3.05 bits per heavy atom. The van der Waals surface area contributed by atoms with Crippen molar-refractivity contribution in [1.82, 2.24) is 5.32 Å². The normalized spacial score (nSPS) is 28.4. The van der Waals surface area contributed by atoms with E-state index in [0.29, 0.717) is 26.4 Å². The summed E-state index contributed by atoms with van der Waals surface area (Å²) in [6.07, 6.45) is 0.0670. The Balaban J connectivity index is 1.67. The van der Waals surface area contributed by atoms with Crippen molar-refractivity contribution < 1.29 is 9.47 Å². The molecule has 1 saturated heterocycles. The van der Waals surface area contributed by atoms with Crippen LogP contribution in [-0.2, 0) is 9.47 Å². The molecule has 1 fully saturated rings. The summed E-state index contributed by atoms with van der Waals surface area (Å²) in [7, 11) is 0. The summed E-state index contributed by atoms with van der Waals surface area (Å²) in [5.41, 5.74) is 2.38. The Hall–Kier alpha value is -1.59. The number of guanidine groups is 1. The Kier molecular flexibility index (Phi) is 3.66. The highest BCUT2D eigenvalue weighted by Crippen LogP contribution is 2.25. The molecule has 1 aromatic carbocycles. The second kappa shape index (κ2) is 5.59. The number of nitrogens with zero attached hydrogens (tertiary/aromatic N) is 1. The van der Waals surface area contributed by atoms with Crippen molar-refractivity contribution >= 4 is 11.6 Å². The summed E-state index contributed by atoms with van der Waals surface area (Å²) in [6.45, 7) is 4.73. The van der Waals surface area contributed by atoms with Crippen molar-refractivity contribution in [3.8, 4) is 0 Å². The molecule has 5 nitrogen and oxygen atoms in total. The smallest absolute Gasteiger partial charge is 0.196 e. The van der Waals surface area contributed by atoms with Crippen molar-refractivity contribution in [2.45, 2.75) is 19.1 Å². The molecule has 2 aliphatic rings. The van der Waals surface area contributed by atoms with Gasteiger partial charge in [-0.1, -0.05) is 18.2 Å². The second-order valence-electron chi connectivity index (χ2n) is 4.84. The molecule has 19 heavy (non-hydrogen) atoms. The van der Waals surface area contributed by atoms with Crippen molar-refractivity contribution in [3.05, 3.63) is 29.8 Å². The Morgan fingerprint density at radius 1 is 1.32 bits per heavy atom. The maximum atomic E-state index is 5.58. The first-order valence-corrected chi connectivity index (χ1v) is 6.69. The van der Waals surface area contributed by atoms with E-state index in [1.165, 1.54) is 5.56 Å². The number of aliphatic imine (C=N–C) groups is 1. The van der Waals surface area contributed by atoms with Gasteiger partial charge in [0.25, 0.3) is 0 Å². The quantitative estimate of drug-likeness (QED) is 0.848. The third kappa shape index (κ3) is 2.88. The van der Waals surface area contributed by atoms with Gasteiger partial charge in [0.2, 0.25) is 0 Å². The first kappa shape index (κ1) is 12.4. The molecular weight excluding hydrogens is 242 g/mol. The van der Waals surface area contributed by atoms with Crippen LogP contribution in [0.1, 0.15) is 18.5 Å². The van der Waals surface area contributed by atoms with E-state index in [2.05, 4.69) is 34.7 Å². The molecule has 2 N–H and O–H groups in total. The fraction of sp³-hybridized carbons (Fsp3) is 0.500. The SMILES string of the molecule is CC1NC(=NCC2COCCO2)Nc2ccccc21. The van der Waals surface area contributed by atoms with E-state index in [9.17, 15) is 0 Å². The van der Waals surface area contributed by atoms with Gasteiger partial charge in [0, 0.05) is 5.69 Å². The summed E-state index contributed by atoms with van der Waals surface area (Å²) < 4.78 is 10.9. The summed E-state index contributed by atoms with van der Waals surface area (Å²) in [6, 6.07) is 8.53. The van der Waals surface area contributed by atoms with Crippen molar-refractivity contribution in [2.75, 3.05) is 31.7 Å². The van der Waals surface area contributed by atoms with Crippen LogP contribution in [0.25, 0.3) is 0 Å². The lowest BCUT2D eigenvalue weighted by Crippen LogP contribution is -2.39. The number of benzene rings is 1. The molecule has 0 spiro atoms. The molecule has 0 saturated carbocycles. The lowest BCUT2D eigenvalue weighted by atomic mass is 10.0. The Morgan fingerprint density at radius 2 is 2.21 bits per heavy atom. The number of anilines is 1. The molecule has 0 amide bonds. The van der Waals surface area contributed by atoms with Crippen LogP contribution in [0.3, 0.4) is 0 Å². The molecule has 1 aromatic rings. The minimum atomic E-state index is 0.0670. The first-order chi connectivity index (χ1) is 9.33. The van der Waals surface area contributed by atoms with Crippen LogP contribution in [0.2, 0.25) is 0 Å². The molecule has 2 atom stereocenters.